The van der Waals surface area contributed by atoms with Crippen LogP contribution in [-0.2, 0) is 0 Å². The Morgan fingerprint density at radius 2 is 1.52 bits per heavy atom. The van der Waals surface area contributed by atoms with Crippen LogP contribution in [0.5, 0.6) is 0 Å². The lowest BCUT2D eigenvalue weighted by atomic mass is 10.1. The van der Waals surface area contributed by atoms with Crippen LogP contribution in [0.25, 0.3) is 0 Å². The SMILES string of the molecule is CCCN(c1ccccc1)C(F)(F)C(F)CCCCCCC(F)(F)F. The van der Waals surface area contributed by atoms with Gasteiger partial charge in [-0.25, -0.2) is 4.39 Å². The summed E-state index contributed by atoms with van der Waals surface area (Å²) in [5, 5.41) is 0. The largest absolute Gasteiger partial charge is 0.389 e. The monoisotopic (exact) mass is 369 g/mol. The molecule has 1 rings (SSSR count). The van der Waals surface area contributed by atoms with Crippen LogP contribution in [0.15, 0.2) is 30.3 Å². The topological polar surface area (TPSA) is 3.24 Å². The van der Waals surface area contributed by atoms with Gasteiger partial charge in [-0.3, -0.25) is 0 Å². The van der Waals surface area contributed by atoms with Gasteiger partial charge in [0, 0.05) is 18.7 Å². The molecule has 0 N–H and O–H groups in total. The molecule has 0 aliphatic heterocycles. The number of rotatable bonds is 11. The first-order valence-electron chi connectivity index (χ1n) is 8.59. The number of anilines is 1. The van der Waals surface area contributed by atoms with Crippen molar-refractivity contribution < 1.29 is 26.3 Å². The molecule has 144 valence electrons. The van der Waals surface area contributed by atoms with E-state index in [1.807, 2.05) is 0 Å². The Morgan fingerprint density at radius 1 is 0.920 bits per heavy atom. The maximum atomic E-state index is 14.5. The molecule has 0 aliphatic carbocycles. The summed E-state index contributed by atoms with van der Waals surface area (Å²) in [5.74, 6) is 0. The van der Waals surface area contributed by atoms with Crippen molar-refractivity contribution in [3.05, 3.63) is 30.3 Å². The summed E-state index contributed by atoms with van der Waals surface area (Å²) in [5.41, 5.74) is 0.252. The zero-order valence-corrected chi connectivity index (χ0v) is 14.3. The lowest BCUT2D eigenvalue weighted by Gasteiger charge is -2.35. The van der Waals surface area contributed by atoms with Gasteiger partial charge in [0.05, 0.1) is 0 Å². The molecule has 1 atom stereocenters. The van der Waals surface area contributed by atoms with Gasteiger partial charge in [0.1, 0.15) is 0 Å². The number of nitrogens with zero attached hydrogens (tertiary/aromatic N) is 1. The number of benzene rings is 1. The van der Waals surface area contributed by atoms with E-state index in [2.05, 4.69) is 0 Å². The molecule has 1 aromatic carbocycles. The van der Waals surface area contributed by atoms with E-state index >= 15 is 0 Å². The third-order valence-electron chi connectivity index (χ3n) is 3.92. The second-order valence-corrected chi connectivity index (χ2v) is 6.11. The van der Waals surface area contributed by atoms with Crippen LogP contribution < -0.4 is 4.90 Å². The van der Waals surface area contributed by atoms with E-state index in [4.69, 9.17) is 0 Å². The second-order valence-electron chi connectivity index (χ2n) is 6.11. The van der Waals surface area contributed by atoms with Crippen molar-refractivity contribution in [1.29, 1.82) is 0 Å². The third kappa shape index (κ3) is 7.57. The maximum absolute atomic E-state index is 14.5. The van der Waals surface area contributed by atoms with Crippen LogP contribution in [0.1, 0.15) is 51.9 Å². The molecular formula is C18H25F6N. The van der Waals surface area contributed by atoms with Crippen molar-refractivity contribution in [1.82, 2.24) is 0 Å². The molecule has 0 radical (unpaired) electrons. The summed E-state index contributed by atoms with van der Waals surface area (Å²) in [6.07, 6.45) is -6.72. The van der Waals surface area contributed by atoms with E-state index in [0.717, 1.165) is 4.90 Å². The quantitative estimate of drug-likeness (QED) is 0.237. The van der Waals surface area contributed by atoms with Gasteiger partial charge in [0.15, 0.2) is 6.17 Å². The summed E-state index contributed by atoms with van der Waals surface area (Å²) in [6.45, 7) is 1.75. The highest BCUT2D eigenvalue weighted by atomic mass is 19.4. The predicted octanol–water partition coefficient (Wildman–Crippen LogP) is 6.74. The van der Waals surface area contributed by atoms with E-state index in [0.29, 0.717) is 12.8 Å². The minimum atomic E-state index is -4.20. The van der Waals surface area contributed by atoms with Crippen LogP contribution in [0.2, 0.25) is 0 Å². The molecule has 1 nitrogen and oxygen atoms in total. The first-order chi connectivity index (χ1) is 11.7. The van der Waals surface area contributed by atoms with Gasteiger partial charge in [-0.2, -0.15) is 22.0 Å². The number of alkyl halides is 6. The third-order valence-corrected chi connectivity index (χ3v) is 3.92. The molecule has 0 amide bonds. The maximum Gasteiger partial charge on any atom is 0.389 e. The standard InChI is InChI=1S/C18H25F6N/c1-2-14-25(15-10-6-5-7-11-15)18(23,24)16(19)12-8-3-4-9-13-17(20,21)22/h5-7,10-11,16H,2-4,8-9,12-14H2,1H3. The van der Waals surface area contributed by atoms with Crippen molar-refractivity contribution in [3.8, 4) is 0 Å². The number of para-hydroxylation sites is 1. The zero-order valence-electron chi connectivity index (χ0n) is 14.3. The molecule has 25 heavy (non-hydrogen) atoms. The van der Waals surface area contributed by atoms with E-state index in [1.165, 1.54) is 12.1 Å². The molecule has 0 saturated heterocycles. The van der Waals surface area contributed by atoms with Gasteiger partial charge in [-0.05, 0) is 31.4 Å². The van der Waals surface area contributed by atoms with Gasteiger partial charge in [-0.1, -0.05) is 44.4 Å². The minimum Gasteiger partial charge on any atom is -0.311 e. The Labute approximate surface area is 145 Å². The van der Waals surface area contributed by atoms with Crippen LogP contribution in [0.3, 0.4) is 0 Å². The van der Waals surface area contributed by atoms with Crippen LogP contribution in [-0.4, -0.2) is 24.9 Å². The Bertz CT molecular complexity index is 474. The molecular weight excluding hydrogens is 344 g/mol. The van der Waals surface area contributed by atoms with Gasteiger partial charge >= 0.3 is 12.2 Å². The first-order valence-corrected chi connectivity index (χ1v) is 8.59. The highest BCUT2D eigenvalue weighted by molar-refractivity contribution is 5.47. The number of unbranched alkanes of at least 4 members (excludes halogenated alkanes) is 3. The minimum absolute atomic E-state index is 0.0169. The normalized spacial score (nSPS) is 13.7. The highest BCUT2D eigenvalue weighted by Gasteiger charge is 2.45. The molecule has 1 aromatic rings. The smallest absolute Gasteiger partial charge is 0.311 e. The number of halogens is 6. The fourth-order valence-electron chi connectivity index (χ4n) is 2.63. The summed E-state index contributed by atoms with van der Waals surface area (Å²) in [7, 11) is 0. The lowest BCUT2D eigenvalue weighted by molar-refractivity contribution is -0.135. The number of hydrogen-bond donors (Lipinski definition) is 0. The predicted molar refractivity (Wildman–Crippen MR) is 87.7 cm³/mol. The first kappa shape index (κ1) is 21.6. The Kier molecular flexibility index (Phi) is 8.59. The van der Waals surface area contributed by atoms with Gasteiger partial charge in [-0.15, -0.1) is 0 Å². The molecule has 0 fully saturated rings. The van der Waals surface area contributed by atoms with Crippen LogP contribution in [0, 0.1) is 0 Å². The Hall–Kier alpha value is -1.40. The Morgan fingerprint density at radius 3 is 2.08 bits per heavy atom. The fourth-order valence-corrected chi connectivity index (χ4v) is 2.63. The van der Waals surface area contributed by atoms with E-state index in [1.54, 1.807) is 25.1 Å². The van der Waals surface area contributed by atoms with E-state index in [-0.39, 0.29) is 37.9 Å². The molecule has 0 heterocycles. The van der Waals surface area contributed by atoms with Crippen molar-refractivity contribution in [3.63, 3.8) is 0 Å². The molecule has 0 saturated carbocycles. The van der Waals surface area contributed by atoms with E-state index in [9.17, 15) is 26.3 Å². The molecule has 0 aliphatic rings. The molecule has 0 aromatic heterocycles. The highest BCUT2D eigenvalue weighted by Crippen LogP contribution is 2.34. The van der Waals surface area contributed by atoms with Gasteiger partial charge in [0.25, 0.3) is 0 Å². The average molecular weight is 369 g/mol. The summed E-state index contributed by atoms with van der Waals surface area (Å²) in [6, 6.07) is 4.29. The molecule has 7 heteroatoms. The van der Waals surface area contributed by atoms with Crippen molar-refractivity contribution in [2.45, 2.75) is 70.3 Å². The van der Waals surface area contributed by atoms with Crippen molar-refractivity contribution >= 4 is 5.69 Å². The van der Waals surface area contributed by atoms with Gasteiger partial charge < -0.3 is 4.90 Å². The lowest BCUT2D eigenvalue weighted by Crippen LogP contribution is -2.49. The summed E-state index contributed by atoms with van der Waals surface area (Å²) >= 11 is 0. The van der Waals surface area contributed by atoms with Crippen LogP contribution in [0.4, 0.5) is 32.0 Å². The Balaban J connectivity index is 2.51. The average Bonchev–Trinajstić information content (AvgIpc) is 2.55. The van der Waals surface area contributed by atoms with Gasteiger partial charge in [0.2, 0.25) is 0 Å². The summed E-state index contributed by atoms with van der Waals surface area (Å²) in [4.78, 5) is 0.765. The van der Waals surface area contributed by atoms with E-state index < -0.39 is 24.8 Å². The van der Waals surface area contributed by atoms with Crippen molar-refractivity contribution in [2.24, 2.45) is 0 Å². The summed E-state index contributed by atoms with van der Waals surface area (Å²) < 4.78 is 79.2. The molecule has 0 bridgehead atoms. The fraction of sp³-hybridized carbons (Fsp3) is 0.667. The molecule has 0 spiro atoms. The zero-order chi connectivity index (χ0) is 18.9. The number of hydrogen-bond acceptors (Lipinski definition) is 1. The van der Waals surface area contributed by atoms with Crippen molar-refractivity contribution in [2.75, 3.05) is 11.4 Å². The second kappa shape index (κ2) is 9.92. The van der Waals surface area contributed by atoms with Crippen LogP contribution >= 0.6 is 0 Å². The molecule has 1 unspecified atom stereocenters.